The zero-order valence-electron chi connectivity index (χ0n) is 7.65. The van der Waals surface area contributed by atoms with Crippen LogP contribution in [0.15, 0.2) is 10.8 Å². The maximum absolute atomic E-state index is 9.67. The molecule has 0 amide bonds. The molecule has 60 valence electrons. The van der Waals surface area contributed by atoms with Crippen LogP contribution >= 0.6 is 0 Å². The molecule has 0 heterocycles. The van der Waals surface area contributed by atoms with Gasteiger partial charge in [0.15, 0.2) is 0 Å². The fraction of sp³-hybridized carbons (Fsp3) is 0.750. The SMILES string of the molecule is CC/C(C)=C(/C)[Si](C)(C)O. The molecule has 0 aliphatic heterocycles. The highest BCUT2D eigenvalue weighted by atomic mass is 28.4. The Morgan fingerprint density at radius 1 is 1.30 bits per heavy atom. The average molecular weight is 158 g/mol. The van der Waals surface area contributed by atoms with Gasteiger partial charge in [-0.15, -0.1) is 0 Å². The highest BCUT2D eigenvalue weighted by Crippen LogP contribution is 2.16. The molecular formula is C8H18OSi. The smallest absolute Gasteiger partial charge is 0.209 e. The molecule has 0 aromatic carbocycles. The van der Waals surface area contributed by atoms with E-state index in [1.165, 1.54) is 10.8 Å². The molecule has 1 nitrogen and oxygen atoms in total. The molecule has 0 atom stereocenters. The summed E-state index contributed by atoms with van der Waals surface area (Å²) >= 11 is 0. The lowest BCUT2D eigenvalue weighted by atomic mass is 10.2. The molecule has 0 aromatic rings. The zero-order valence-corrected chi connectivity index (χ0v) is 8.65. The van der Waals surface area contributed by atoms with Crippen molar-refractivity contribution in [2.75, 3.05) is 0 Å². The van der Waals surface area contributed by atoms with Gasteiger partial charge in [-0.25, -0.2) is 0 Å². The van der Waals surface area contributed by atoms with Crippen molar-refractivity contribution in [2.45, 2.75) is 40.3 Å². The highest BCUT2D eigenvalue weighted by Gasteiger charge is 2.20. The van der Waals surface area contributed by atoms with Crippen LogP contribution in [0.3, 0.4) is 0 Å². The molecule has 0 unspecified atom stereocenters. The van der Waals surface area contributed by atoms with Gasteiger partial charge in [0.25, 0.3) is 0 Å². The summed E-state index contributed by atoms with van der Waals surface area (Å²) in [5.41, 5.74) is 1.35. The Hall–Kier alpha value is -0.0831. The Bertz CT molecular complexity index is 142. The van der Waals surface area contributed by atoms with Crippen LogP contribution in [0.2, 0.25) is 13.1 Å². The van der Waals surface area contributed by atoms with Gasteiger partial charge in [-0.3, -0.25) is 0 Å². The van der Waals surface area contributed by atoms with Crippen molar-refractivity contribution in [1.82, 2.24) is 0 Å². The van der Waals surface area contributed by atoms with Gasteiger partial charge in [-0.2, -0.15) is 0 Å². The van der Waals surface area contributed by atoms with E-state index < -0.39 is 8.32 Å². The quantitative estimate of drug-likeness (QED) is 0.612. The highest BCUT2D eigenvalue weighted by molar-refractivity contribution is 6.77. The van der Waals surface area contributed by atoms with Crippen LogP contribution in [0.5, 0.6) is 0 Å². The normalized spacial score (nSPS) is 15.0. The first-order valence-electron chi connectivity index (χ1n) is 3.78. The van der Waals surface area contributed by atoms with Gasteiger partial charge in [0.1, 0.15) is 0 Å². The Morgan fingerprint density at radius 3 is 1.80 bits per heavy atom. The average Bonchev–Trinajstić information content (AvgIpc) is 1.83. The maximum Gasteiger partial charge on any atom is 0.209 e. The fourth-order valence-electron chi connectivity index (χ4n) is 0.787. The van der Waals surface area contributed by atoms with E-state index in [1.54, 1.807) is 0 Å². The van der Waals surface area contributed by atoms with Gasteiger partial charge in [-0.05, 0) is 33.4 Å². The second-order valence-corrected chi connectivity index (χ2v) is 7.19. The zero-order chi connectivity index (χ0) is 8.36. The summed E-state index contributed by atoms with van der Waals surface area (Å²) in [6.45, 7) is 10.2. The standard InChI is InChI=1S/C8H18OSi/c1-6-7(2)8(3)10(4,5)9/h9H,6H2,1-5H3/b8-7-. The van der Waals surface area contributed by atoms with E-state index >= 15 is 0 Å². The Balaban J connectivity index is 4.47. The third-order valence-electron chi connectivity index (χ3n) is 2.09. The molecule has 0 rings (SSSR count). The van der Waals surface area contributed by atoms with E-state index in [2.05, 4.69) is 13.8 Å². The van der Waals surface area contributed by atoms with Gasteiger partial charge < -0.3 is 4.80 Å². The van der Waals surface area contributed by atoms with Crippen LogP contribution in [0.25, 0.3) is 0 Å². The van der Waals surface area contributed by atoms with Crippen LogP contribution in [0.1, 0.15) is 27.2 Å². The summed E-state index contributed by atoms with van der Waals surface area (Å²) in [5, 5.41) is 1.23. The first-order chi connectivity index (χ1) is 4.39. The number of rotatable bonds is 2. The predicted molar refractivity (Wildman–Crippen MR) is 48.4 cm³/mol. The molecule has 0 aliphatic carbocycles. The van der Waals surface area contributed by atoms with Gasteiger partial charge in [0.2, 0.25) is 8.32 Å². The van der Waals surface area contributed by atoms with Crippen LogP contribution in [0.4, 0.5) is 0 Å². The molecule has 0 aliphatic rings. The second kappa shape index (κ2) is 3.35. The van der Waals surface area contributed by atoms with E-state index in [0.717, 1.165) is 6.42 Å². The Kier molecular flexibility index (Phi) is 3.32. The van der Waals surface area contributed by atoms with Gasteiger partial charge in [0.05, 0.1) is 0 Å². The van der Waals surface area contributed by atoms with Crippen molar-refractivity contribution in [3.05, 3.63) is 10.8 Å². The summed E-state index contributed by atoms with van der Waals surface area (Å²) in [6.07, 6.45) is 1.06. The number of hydrogen-bond acceptors (Lipinski definition) is 1. The summed E-state index contributed by atoms with van der Waals surface area (Å²) in [6, 6.07) is 0. The summed E-state index contributed by atoms with van der Waals surface area (Å²) in [4.78, 5) is 9.67. The van der Waals surface area contributed by atoms with Crippen molar-refractivity contribution >= 4 is 8.32 Å². The lowest BCUT2D eigenvalue weighted by Crippen LogP contribution is -2.28. The molecule has 10 heavy (non-hydrogen) atoms. The largest absolute Gasteiger partial charge is 0.428 e. The second-order valence-electron chi connectivity index (χ2n) is 3.32. The minimum absolute atomic E-state index is 1.06. The van der Waals surface area contributed by atoms with Crippen LogP contribution < -0.4 is 0 Å². The molecular weight excluding hydrogens is 140 g/mol. The Morgan fingerprint density at radius 2 is 1.70 bits per heavy atom. The van der Waals surface area contributed by atoms with Crippen molar-refractivity contribution in [1.29, 1.82) is 0 Å². The predicted octanol–water partition coefficient (Wildman–Crippen LogP) is 2.47. The van der Waals surface area contributed by atoms with Crippen molar-refractivity contribution in [2.24, 2.45) is 0 Å². The maximum atomic E-state index is 9.67. The van der Waals surface area contributed by atoms with Crippen LogP contribution in [-0.4, -0.2) is 13.1 Å². The summed E-state index contributed by atoms with van der Waals surface area (Å²) in [7, 11) is -1.97. The first kappa shape index (κ1) is 9.92. The molecule has 0 radical (unpaired) electrons. The number of hydrogen-bond donors (Lipinski definition) is 1. The lowest BCUT2D eigenvalue weighted by molar-refractivity contribution is 0.561. The minimum atomic E-state index is -1.97. The summed E-state index contributed by atoms with van der Waals surface area (Å²) < 4.78 is 0. The molecule has 0 aromatic heterocycles. The summed E-state index contributed by atoms with van der Waals surface area (Å²) in [5.74, 6) is 0. The van der Waals surface area contributed by atoms with E-state index in [9.17, 15) is 4.80 Å². The van der Waals surface area contributed by atoms with E-state index in [0.29, 0.717) is 0 Å². The molecule has 0 bridgehead atoms. The van der Waals surface area contributed by atoms with Gasteiger partial charge in [-0.1, -0.05) is 17.7 Å². The molecule has 0 saturated heterocycles. The molecule has 2 heteroatoms. The first-order valence-corrected chi connectivity index (χ1v) is 6.73. The van der Waals surface area contributed by atoms with Crippen molar-refractivity contribution in [3.8, 4) is 0 Å². The molecule has 0 spiro atoms. The van der Waals surface area contributed by atoms with Crippen molar-refractivity contribution in [3.63, 3.8) is 0 Å². The molecule has 0 fully saturated rings. The Labute approximate surface area is 64.9 Å². The monoisotopic (exact) mass is 158 g/mol. The van der Waals surface area contributed by atoms with Crippen LogP contribution in [-0.2, 0) is 0 Å². The fourth-order valence-corrected chi connectivity index (χ4v) is 2.01. The topological polar surface area (TPSA) is 20.2 Å². The van der Waals surface area contributed by atoms with E-state index in [1.807, 2.05) is 20.0 Å². The van der Waals surface area contributed by atoms with E-state index in [4.69, 9.17) is 0 Å². The van der Waals surface area contributed by atoms with Gasteiger partial charge >= 0.3 is 0 Å². The minimum Gasteiger partial charge on any atom is -0.428 e. The number of allylic oxidation sites excluding steroid dienone is 2. The lowest BCUT2D eigenvalue weighted by Gasteiger charge is -2.17. The van der Waals surface area contributed by atoms with Gasteiger partial charge in [0, 0.05) is 0 Å². The third-order valence-corrected chi connectivity index (χ3v) is 4.35. The third kappa shape index (κ3) is 2.67. The van der Waals surface area contributed by atoms with Crippen LogP contribution in [0, 0.1) is 0 Å². The molecule has 1 N–H and O–H groups in total. The molecule has 0 saturated carbocycles. The van der Waals surface area contributed by atoms with Crippen molar-refractivity contribution < 1.29 is 4.80 Å². The van der Waals surface area contributed by atoms with E-state index in [-0.39, 0.29) is 0 Å².